The van der Waals surface area contributed by atoms with Crippen LogP contribution >= 0.6 is 0 Å². The number of anilines is 1. The molecule has 0 aliphatic carbocycles. The maximum absolute atomic E-state index is 12.7. The number of ether oxygens (including phenoxy) is 1. The minimum atomic E-state index is -0.289. The maximum atomic E-state index is 12.7. The summed E-state index contributed by atoms with van der Waals surface area (Å²) in [6.45, 7) is 1.25. The normalized spacial score (nSPS) is 11.1. The monoisotopic (exact) mass is 417 g/mol. The van der Waals surface area contributed by atoms with Gasteiger partial charge < -0.3 is 15.0 Å². The smallest absolute Gasteiger partial charge is 0.257 e. The highest BCUT2D eigenvalue weighted by atomic mass is 16.5. The fourth-order valence-electron chi connectivity index (χ4n) is 2.98. The predicted molar refractivity (Wildman–Crippen MR) is 118 cm³/mol. The molecule has 4 aromatic rings. The largest absolute Gasteiger partial charge is 0.476 e. The number of rotatable bonds is 7. The molecule has 9 heteroatoms. The number of hydrogen-bond acceptors (Lipinski definition) is 7. The van der Waals surface area contributed by atoms with Crippen molar-refractivity contribution in [1.29, 1.82) is 0 Å². The van der Waals surface area contributed by atoms with E-state index in [0.717, 1.165) is 28.6 Å². The van der Waals surface area contributed by atoms with Gasteiger partial charge in [0, 0.05) is 60.3 Å². The molecule has 4 aromatic heterocycles. The summed E-state index contributed by atoms with van der Waals surface area (Å²) in [5.41, 5.74) is 3.10. The lowest BCUT2D eigenvalue weighted by Gasteiger charge is -2.11. The highest BCUT2D eigenvalue weighted by Crippen LogP contribution is 2.23. The van der Waals surface area contributed by atoms with E-state index < -0.39 is 0 Å². The van der Waals surface area contributed by atoms with Crippen LogP contribution in [-0.2, 0) is 7.05 Å². The van der Waals surface area contributed by atoms with E-state index >= 15 is 0 Å². The van der Waals surface area contributed by atoms with E-state index in [1.807, 2.05) is 38.3 Å². The van der Waals surface area contributed by atoms with Gasteiger partial charge in [-0.1, -0.05) is 0 Å². The van der Waals surface area contributed by atoms with E-state index in [9.17, 15) is 4.79 Å². The molecular formula is C22H23N7O2. The highest BCUT2D eigenvalue weighted by Gasteiger charge is 2.11. The number of nitrogens with one attached hydrogen (secondary N) is 1. The Bertz CT molecular complexity index is 1220. The van der Waals surface area contributed by atoms with Crippen LogP contribution in [0.25, 0.3) is 22.0 Å². The highest BCUT2D eigenvalue weighted by molar-refractivity contribution is 6.04. The summed E-state index contributed by atoms with van der Waals surface area (Å²) in [7, 11) is 5.80. The molecule has 4 heterocycles. The van der Waals surface area contributed by atoms with E-state index in [1.54, 1.807) is 47.7 Å². The van der Waals surface area contributed by atoms with Gasteiger partial charge in [-0.25, -0.2) is 9.97 Å². The van der Waals surface area contributed by atoms with Crippen LogP contribution in [0.4, 0.5) is 5.82 Å². The molecule has 0 radical (unpaired) electrons. The number of aromatic nitrogens is 5. The standard InChI is InChI=1S/C22H23N7O2/c1-28(2)6-7-31-21-10-15(4-5-23-21)22(30)27-20-9-16-8-17(11-24-19(16)13-25-20)18-12-26-29(3)14-18/h4-5,8-14H,6-7H2,1-3H3,(H,25,27,30). The predicted octanol–water partition coefficient (Wildman–Crippen LogP) is 2.62. The van der Waals surface area contributed by atoms with Crippen molar-refractivity contribution >= 4 is 22.6 Å². The Morgan fingerprint density at radius 3 is 2.74 bits per heavy atom. The Balaban J connectivity index is 1.50. The molecule has 4 rings (SSSR count). The van der Waals surface area contributed by atoms with Gasteiger partial charge in [-0.2, -0.15) is 5.10 Å². The molecule has 0 bridgehead atoms. The van der Waals surface area contributed by atoms with Gasteiger partial charge in [0.05, 0.1) is 17.9 Å². The molecular weight excluding hydrogens is 394 g/mol. The second-order valence-corrected chi connectivity index (χ2v) is 7.38. The van der Waals surface area contributed by atoms with Crippen LogP contribution in [-0.4, -0.2) is 62.8 Å². The van der Waals surface area contributed by atoms with Crippen molar-refractivity contribution in [3.63, 3.8) is 0 Å². The molecule has 0 aliphatic heterocycles. The van der Waals surface area contributed by atoms with Crippen LogP contribution in [0.5, 0.6) is 5.88 Å². The Labute approximate surface area is 179 Å². The lowest BCUT2D eigenvalue weighted by Crippen LogP contribution is -2.20. The number of amides is 1. The number of likely N-dealkylation sites (N-methyl/N-ethyl adjacent to an activating group) is 1. The Morgan fingerprint density at radius 1 is 1.10 bits per heavy atom. The fraction of sp³-hybridized carbons (Fsp3) is 0.227. The van der Waals surface area contributed by atoms with Crippen molar-refractivity contribution in [3.8, 4) is 17.0 Å². The van der Waals surface area contributed by atoms with Crippen molar-refractivity contribution in [2.45, 2.75) is 0 Å². The Kier molecular flexibility index (Phi) is 5.85. The summed E-state index contributed by atoms with van der Waals surface area (Å²) in [5, 5.41) is 7.90. The molecule has 0 saturated carbocycles. The Hall–Kier alpha value is -3.85. The van der Waals surface area contributed by atoms with Crippen molar-refractivity contribution < 1.29 is 9.53 Å². The summed E-state index contributed by atoms with van der Waals surface area (Å²) in [6.07, 6.45) is 8.69. The first-order chi connectivity index (χ1) is 15.0. The van der Waals surface area contributed by atoms with Gasteiger partial charge in [0.1, 0.15) is 12.4 Å². The van der Waals surface area contributed by atoms with Crippen molar-refractivity contribution in [3.05, 3.63) is 60.8 Å². The number of nitrogens with zero attached hydrogens (tertiary/aromatic N) is 6. The van der Waals surface area contributed by atoms with Crippen LogP contribution in [0.2, 0.25) is 0 Å². The molecule has 0 aliphatic rings. The van der Waals surface area contributed by atoms with Crippen LogP contribution in [0.15, 0.2) is 55.2 Å². The zero-order valence-electron chi connectivity index (χ0n) is 17.6. The lowest BCUT2D eigenvalue weighted by molar-refractivity contribution is 0.102. The van der Waals surface area contributed by atoms with Crippen LogP contribution in [0.1, 0.15) is 10.4 Å². The van der Waals surface area contributed by atoms with Gasteiger partial charge in [-0.15, -0.1) is 0 Å². The maximum Gasteiger partial charge on any atom is 0.257 e. The summed E-state index contributed by atoms with van der Waals surface area (Å²) >= 11 is 0. The third-order valence-corrected chi connectivity index (χ3v) is 4.63. The molecule has 0 aromatic carbocycles. The number of carbonyl (C=O) groups excluding carboxylic acids is 1. The van der Waals surface area contributed by atoms with Gasteiger partial charge in [0.2, 0.25) is 5.88 Å². The summed E-state index contributed by atoms with van der Waals surface area (Å²) in [4.78, 5) is 27.6. The number of fused-ring (bicyclic) bond motifs is 1. The molecule has 1 amide bonds. The fourth-order valence-corrected chi connectivity index (χ4v) is 2.98. The van der Waals surface area contributed by atoms with E-state index in [1.165, 1.54) is 0 Å². The minimum absolute atomic E-state index is 0.289. The van der Waals surface area contributed by atoms with Gasteiger partial charge in [-0.3, -0.25) is 14.5 Å². The van der Waals surface area contributed by atoms with Crippen LogP contribution in [0.3, 0.4) is 0 Å². The summed E-state index contributed by atoms with van der Waals surface area (Å²) < 4.78 is 7.35. The van der Waals surface area contributed by atoms with Gasteiger partial charge >= 0.3 is 0 Å². The summed E-state index contributed by atoms with van der Waals surface area (Å²) in [6, 6.07) is 7.06. The molecule has 0 fully saturated rings. The first-order valence-corrected chi connectivity index (χ1v) is 9.78. The zero-order chi connectivity index (χ0) is 21.8. The molecule has 1 N–H and O–H groups in total. The third kappa shape index (κ3) is 5.01. The number of aryl methyl sites for hydroxylation is 1. The average molecular weight is 417 g/mol. The quantitative estimate of drug-likeness (QED) is 0.494. The second-order valence-electron chi connectivity index (χ2n) is 7.38. The number of hydrogen-bond donors (Lipinski definition) is 1. The Morgan fingerprint density at radius 2 is 1.97 bits per heavy atom. The molecule has 0 unspecified atom stereocenters. The minimum Gasteiger partial charge on any atom is -0.476 e. The summed E-state index contributed by atoms with van der Waals surface area (Å²) in [5.74, 6) is 0.559. The number of pyridine rings is 3. The van der Waals surface area contributed by atoms with Crippen LogP contribution in [0, 0.1) is 0 Å². The van der Waals surface area contributed by atoms with Gasteiger partial charge in [-0.05, 0) is 32.3 Å². The van der Waals surface area contributed by atoms with Gasteiger partial charge in [0.25, 0.3) is 5.91 Å². The number of carbonyl (C=O) groups is 1. The van der Waals surface area contributed by atoms with Crippen molar-refractivity contribution in [2.75, 3.05) is 32.6 Å². The first-order valence-electron chi connectivity index (χ1n) is 9.78. The molecule has 0 atom stereocenters. The van der Waals surface area contributed by atoms with E-state index in [4.69, 9.17) is 4.74 Å². The van der Waals surface area contributed by atoms with E-state index in [-0.39, 0.29) is 5.91 Å². The third-order valence-electron chi connectivity index (χ3n) is 4.63. The second kappa shape index (κ2) is 8.88. The average Bonchev–Trinajstić information content (AvgIpc) is 3.19. The van der Waals surface area contributed by atoms with Crippen LogP contribution < -0.4 is 10.1 Å². The topological polar surface area (TPSA) is 98.1 Å². The SMILES string of the molecule is CN(C)CCOc1cc(C(=O)Nc2cc3cc(-c4cnn(C)c4)cnc3cn2)ccn1. The lowest BCUT2D eigenvalue weighted by atomic mass is 10.1. The molecule has 0 spiro atoms. The van der Waals surface area contributed by atoms with Crippen molar-refractivity contribution in [2.24, 2.45) is 7.05 Å². The molecule has 31 heavy (non-hydrogen) atoms. The first kappa shape index (κ1) is 20.4. The van der Waals surface area contributed by atoms with Crippen molar-refractivity contribution in [1.82, 2.24) is 29.6 Å². The molecule has 0 saturated heterocycles. The van der Waals surface area contributed by atoms with E-state index in [2.05, 4.69) is 25.4 Å². The zero-order valence-corrected chi connectivity index (χ0v) is 17.6. The molecule has 158 valence electrons. The molecule has 9 nitrogen and oxygen atoms in total. The van der Waals surface area contributed by atoms with E-state index in [0.29, 0.717) is 23.9 Å². The van der Waals surface area contributed by atoms with Gasteiger partial charge in [0.15, 0.2) is 0 Å².